The van der Waals surface area contributed by atoms with Crippen LogP contribution in [-0.2, 0) is 4.79 Å². The first-order valence-corrected chi connectivity index (χ1v) is 6.71. The van der Waals surface area contributed by atoms with Gasteiger partial charge in [-0.2, -0.15) is 0 Å². The number of hydrogen-bond acceptors (Lipinski definition) is 6. The maximum atomic E-state index is 11.4. The Morgan fingerprint density at radius 2 is 2.05 bits per heavy atom. The molecule has 2 aromatic rings. The smallest absolute Gasteiger partial charge is 0.327 e. The quantitative estimate of drug-likeness (QED) is 0.868. The van der Waals surface area contributed by atoms with Gasteiger partial charge in [0, 0.05) is 19.6 Å². The highest BCUT2D eigenvalue weighted by molar-refractivity contribution is 5.85. The summed E-state index contributed by atoms with van der Waals surface area (Å²) in [5.74, 6) is -0.0637. The number of halogens is 1. The Hall–Kier alpha value is -2.12. The number of carboxylic acids is 1. The van der Waals surface area contributed by atoms with Crippen molar-refractivity contribution < 1.29 is 14.6 Å². The molecule has 0 aliphatic carbocycles. The zero-order chi connectivity index (χ0) is 14.8. The molecule has 1 aromatic carbocycles. The van der Waals surface area contributed by atoms with Crippen LogP contribution in [0.25, 0.3) is 11.0 Å². The van der Waals surface area contributed by atoms with E-state index in [1.807, 2.05) is 24.3 Å². The van der Waals surface area contributed by atoms with Crippen molar-refractivity contribution in [3.05, 3.63) is 24.3 Å². The average Bonchev–Trinajstić information content (AvgIpc) is 2.53. The van der Waals surface area contributed by atoms with Gasteiger partial charge < -0.3 is 20.1 Å². The van der Waals surface area contributed by atoms with Crippen molar-refractivity contribution in [3.8, 4) is 5.88 Å². The fourth-order valence-electron chi connectivity index (χ4n) is 2.48. The number of benzene rings is 1. The summed E-state index contributed by atoms with van der Waals surface area (Å²) in [6.07, 6.45) is 0. The monoisotopic (exact) mass is 324 g/mol. The minimum absolute atomic E-state index is 0. The van der Waals surface area contributed by atoms with Crippen LogP contribution < -0.4 is 15.0 Å². The fourth-order valence-corrected chi connectivity index (χ4v) is 2.48. The molecule has 1 saturated heterocycles. The van der Waals surface area contributed by atoms with Gasteiger partial charge in [-0.3, -0.25) is 0 Å². The van der Waals surface area contributed by atoms with Crippen LogP contribution in [-0.4, -0.2) is 53.8 Å². The topological polar surface area (TPSA) is 87.6 Å². The zero-order valence-corrected chi connectivity index (χ0v) is 12.8. The van der Waals surface area contributed by atoms with Gasteiger partial charge in [-0.05, 0) is 12.1 Å². The standard InChI is InChI=1S/C14H16N4O3.ClH/c1-21-13-12(16-9-4-2-3-5-10(9)17-13)18-7-6-15-8-11(18)14(19)20;/h2-5,11,15H,6-8H2,1H3,(H,19,20);1H. The first kappa shape index (κ1) is 16.3. The van der Waals surface area contributed by atoms with Gasteiger partial charge in [0.2, 0.25) is 0 Å². The van der Waals surface area contributed by atoms with Gasteiger partial charge >= 0.3 is 5.97 Å². The van der Waals surface area contributed by atoms with Gasteiger partial charge in [0.25, 0.3) is 5.88 Å². The normalized spacial score (nSPS) is 17.9. The van der Waals surface area contributed by atoms with Crippen molar-refractivity contribution >= 4 is 35.2 Å². The Bertz CT molecular complexity index is 682. The van der Waals surface area contributed by atoms with Crippen LogP contribution in [0.15, 0.2) is 24.3 Å². The number of piperazine rings is 1. The van der Waals surface area contributed by atoms with Gasteiger partial charge in [-0.25, -0.2) is 14.8 Å². The second kappa shape index (κ2) is 6.76. The van der Waals surface area contributed by atoms with E-state index in [1.165, 1.54) is 7.11 Å². The number of ether oxygens (including phenoxy) is 1. The number of para-hydroxylation sites is 2. The summed E-state index contributed by atoms with van der Waals surface area (Å²) in [7, 11) is 1.51. The van der Waals surface area contributed by atoms with Crippen LogP contribution in [0.2, 0.25) is 0 Å². The van der Waals surface area contributed by atoms with E-state index in [9.17, 15) is 9.90 Å². The maximum absolute atomic E-state index is 11.4. The van der Waals surface area contributed by atoms with Crippen molar-refractivity contribution in [2.75, 3.05) is 31.6 Å². The number of aromatic nitrogens is 2. The average molecular weight is 325 g/mol. The molecule has 0 spiro atoms. The van der Waals surface area contributed by atoms with Crippen molar-refractivity contribution in [1.29, 1.82) is 0 Å². The first-order valence-electron chi connectivity index (χ1n) is 6.71. The van der Waals surface area contributed by atoms with Crippen molar-refractivity contribution in [3.63, 3.8) is 0 Å². The number of nitrogens with zero attached hydrogens (tertiary/aromatic N) is 3. The number of hydrogen-bond donors (Lipinski definition) is 2. The third-order valence-corrected chi connectivity index (χ3v) is 3.52. The SMILES string of the molecule is COc1nc2ccccc2nc1N1CCNCC1C(=O)O.Cl. The molecule has 0 amide bonds. The second-order valence-electron chi connectivity index (χ2n) is 4.80. The van der Waals surface area contributed by atoms with Crippen molar-refractivity contribution in [2.45, 2.75) is 6.04 Å². The Kier molecular flexibility index (Phi) is 4.99. The van der Waals surface area contributed by atoms with E-state index >= 15 is 0 Å². The summed E-state index contributed by atoms with van der Waals surface area (Å²) < 4.78 is 5.31. The minimum Gasteiger partial charge on any atom is -0.480 e. The van der Waals surface area contributed by atoms with Crippen LogP contribution in [0, 0.1) is 0 Å². The lowest BCUT2D eigenvalue weighted by atomic mass is 10.2. The molecule has 0 bridgehead atoms. The largest absolute Gasteiger partial charge is 0.480 e. The van der Waals surface area contributed by atoms with E-state index < -0.39 is 12.0 Å². The van der Waals surface area contributed by atoms with E-state index in [0.717, 1.165) is 11.0 Å². The molecule has 118 valence electrons. The Morgan fingerprint density at radius 1 is 1.36 bits per heavy atom. The van der Waals surface area contributed by atoms with Gasteiger partial charge in [0.15, 0.2) is 5.82 Å². The lowest BCUT2D eigenvalue weighted by molar-refractivity contribution is -0.138. The van der Waals surface area contributed by atoms with Crippen LogP contribution in [0.5, 0.6) is 5.88 Å². The predicted octanol–water partition coefficient (Wildman–Crippen LogP) is 0.923. The number of fused-ring (bicyclic) bond motifs is 1. The molecule has 7 nitrogen and oxygen atoms in total. The molecular formula is C14H17ClN4O3. The highest BCUT2D eigenvalue weighted by atomic mass is 35.5. The number of rotatable bonds is 3. The van der Waals surface area contributed by atoms with Crippen molar-refractivity contribution in [2.24, 2.45) is 0 Å². The van der Waals surface area contributed by atoms with Crippen molar-refractivity contribution in [1.82, 2.24) is 15.3 Å². The Balaban J connectivity index is 0.00000176. The van der Waals surface area contributed by atoms with Crippen LogP contribution >= 0.6 is 12.4 Å². The second-order valence-corrected chi connectivity index (χ2v) is 4.80. The molecule has 2 N–H and O–H groups in total. The van der Waals surface area contributed by atoms with Gasteiger partial charge in [-0.15, -0.1) is 12.4 Å². The molecule has 1 atom stereocenters. The van der Waals surface area contributed by atoms with Gasteiger partial charge in [0.05, 0.1) is 18.1 Å². The van der Waals surface area contributed by atoms with E-state index in [2.05, 4.69) is 15.3 Å². The summed E-state index contributed by atoms with van der Waals surface area (Å²) in [5, 5.41) is 12.5. The number of anilines is 1. The fraction of sp³-hybridized carbons (Fsp3) is 0.357. The van der Waals surface area contributed by atoms with Crippen LogP contribution in [0.4, 0.5) is 5.82 Å². The maximum Gasteiger partial charge on any atom is 0.327 e. The number of aliphatic carboxylic acids is 1. The molecule has 1 aliphatic rings. The number of carbonyl (C=O) groups is 1. The molecule has 2 heterocycles. The highest BCUT2D eigenvalue weighted by Crippen LogP contribution is 2.28. The van der Waals surface area contributed by atoms with Gasteiger partial charge in [-0.1, -0.05) is 12.1 Å². The molecule has 0 radical (unpaired) electrons. The molecule has 1 fully saturated rings. The molecule has 22 heavy (non-hydrogen) atoms. The molecule has 0 saturated carbocycles. The van der Waals surface area contributed by atoms with E-state index in [4.69, 9.17) is 4.74 Å². The summed E-state index contributed by atoms with van der Waals surface area (Å²) in [6.45, 7) is 1.61. The molecule has 8 heteroatoms. The Morgan fingerprint density at radius 3 is 2.68 bits per heavy atom. The molecule has 1 aromatic heterocycles. The Labute approximate surface area is 133 Å². The summed E-state index contributed by atoms with van der Waals surface area (Å²) in [6, 6.07) is 6.77. The van der Waals surface area contributed by atoms with E-state index in [-0.39, 0.29) is 12.4 Å². The van der Waals surface area contributed by atoms with Crippen LogP contribution in [0.1, 0.15) is 0 Å². The number of nitrogens with one attached hydrogen (secondary N) is 1. The molecule has 1 aliphatic heterocycles. The van der Waals surface area contributed by atoms with Gasteiger partial charge in [0.1, 0.15) is 6.04 Å². The molecule has 3 rings (SSSR count). The lowest BCUT2D eigenvalue weighted by Crippen LogP contribution is -2.55. The third-order valence-electron chi connectivity index (χ3n) is 3.52. The molecule has 1 unspecified atom stereocenters. The lowest BCUT2D eigenvalue weighted by Gasteiger charge is -2.34. The number of carboxylic acid groups (broad SMARTS) is 1. The van der Waals surface area contributed by atoms with E-state index in [1.54, 1.807) is 4.90 Å². The predicted molar refractivity (Wildman–Crippen MR) is 85.0 cm³/mol. The first-order chi connectivity index (χ1) is 10.2. The molecular weight excluding hydrogens is 308 g/mol. The summed E-state index contributed by atoms with van der Waals surface area (Å²) in [4.78, 5) is 22.1. The zero-order valence-electron chi connectivity index (χ0n) is 12.0. The number of methoxy groups -OCH3 is 1. The minimum atomic E-state index is -0.890. The van der Waals surface area contributed by atoms with E-state index in [0.29, 0.717) is 31.3 Å². The van der Waals surface area contributed by atoms with Crippen LogP contribution in [0.3, 0.4) is 0 Å². The highest BCUT2D eigenvalue weighted by Gasteiger charge is 2.31. The third kappa shape index (κ3) is 2.90. The summed E-state index contributed by atoms with van der Waals surface area (Å²) >= 11 is 0. The summed E-state index contributed by atoms with van der Waals surface area (Å²) in [5.41, 5.74) is 1.44.